The average Bonchev–Trinajstić information content (AvgIpc) is 3.31. The number of nitrogens with one attached hydrogen (secondary N) is 3. The van der Waals surface area contributed by atoms with E-state index in [0.29, 0.717) is 35.2 Å². The monoisotopic (exact) mass is 572 g/mol. The summed E-state index contributed by atoms with van der Waals surface area (Å²) in [6.07, 6.45) is 6.82. The maximum atomic E-state index is 15.8. The molecular weight excluding hydrogens is 535 g/mol. The molecule has 210 valence electrons. The van der Waals surface area contributed by atoms with Crippen LogP contribution in [0.1, 0.15) is 64.8 Å². The zero-order valence-corrected chi connectivity index (χ0v) is 24.6. The van der Waals surface area contributed by atoms with Gasteiger partial charge in [0.15, 0.2) is 5.82 Å². The number of sulfonamides is 1. The van der Waals surface area contributed by atoms with Gasteiger partial charge in [-0.05, 0) is 68.8 Å². The van der Waals surface area contributed by atoms with E-state index in [1.54, 1.807) is 25.3 Å². The van der Waals surface area contributed by atoms with Crippen LogP contribution in [0.2, 0.25) is 0 Å². The molecule has 3 N–H and O–H groups in total. The summed E-state index contributed by atoms with van der Waals surface area (Å²) in [5, 5.41) is 7.79. The number of hydrogen-bond donors (Lipinski definition) is 3. The minimum absolute atomic E-state index is 0.0808. The minimum atomic E-state index is -3.65. The normalized spacial score (nSPS) is 17.7. The van der Waals surface area contributed by atoms with Crippen LogP contribution in [0, 0.1) is 11.2 Å². The molecule has 3 aromatic rings. The SMILES string of the molecule is CCCS(=O)(=O)Nc1cccc(-c2nc(C(C)(C)C)sc2-c2ccnc(NC3CC4(CCNCC4)C3)n2)c1F. The van der Waals surface area contributed by atoms with Crippen LogP contribution in [0.3, 0.4) is 0 Å². The third-order valence-electron chi connectivity index (χ3n) is 7.51. The van der Waals surface area contributed by atoms with Crippen LogP contribution in [0.15, 0.2) is 30.5 Å². The number of aromatic nitrogens is 3. The van der Waals surface area contributed by atoms with E-state index in [1.807, 2.05) is 6.07 Å². The Bertz CT molecular complexity index is 1440. The van der Waals surface area contributed by atoms with Gasteiger partial charge in [0.05, 0.1) is 32.7 Å². The lowest BCUT2D eigenvalue weighted by Crippen LogP contribution is -2.50. The van der Waals surface area contributed by atoms with E-state index in [0.717, 1.165) is 35.8 Å². The molecule has 0 atom stereocenters. The Morgan fingerprint density at radius 2 is 1.90 bits per heavy atom. The fourth-order valence-electron chi connectivity index (χ4n) is 5.47. The van der Waals surface area contributed by atoms with E-state index >= 15 is 4.39 Å². The number of rotatable bonds is 8. The zero-order valence-electron chi connectivity index (χ0n) is 23.0. The molecule has 0 radical (unpaired) electrons. The molecule has 2 aromatic heterocycles. The number of anilines is 2. The quantitative estimate of drug-likeness (QED) is 0.313. The van der Waals surface area contributed by atoms with Crippen LogP contribution in [0.25, 0.3) is 21.8 Å². The largest absolute Gasteiger partial charge is 0.351 e. The first kappa shape index (κ1) is 27.9. The molecular formula is C28H37FN6O2S2. The van der Waals surface area contributed by atoms with Gasteiger partial charge in [-0.15, -0.1) is 11.3 Å². The molecule has 1 saturated carbocycles. The summed E-state index contributed by atoms with van der Waals surface area (Å²) in [5.74, 6) is -0.180. The van der Waals surface area contributed by atoms with Crippen LogP contribution in [0.5, 0.6) is 0 Å². The Morgan fingerprint density at radius 1 is 1.15 bits per heavy atom. The van der Waals surface area contributed by atoms with Gasteiger partial charge in [-0.1, -0.05) is 33.8 Å². The van der Waals surface area contributed by atoms with Gasteiger partial charge >= 0.3 is 0 Å². The van der Waals surface area contributed by atoms with Crippen molar-refractivity contribution in [3.63, 3.8) is 0 Å². The first-order valence-corrected chi connectivity index (χ1v) is 16.1. The number of thiazole rings is 1. The van der Waals surface area contributed by atoms with Crippen molar-refractivity contribution in [1.29, 1.82) is 0 Å². The Balaban J connectivity index is 1.47. The van der Waals surface area contributed by atoms with Gasteiger partial charge in [0.25, 0.3) is 0 Å². The summed E-state index contributed by atoms with van der Waals surface area (Å²) in [6.45, 7) is 10.1. The topological polar surface area (TPSA) is 109 Å². The van der Waals surface area contributed by atoms with Gasteiger partial charge in [-0.25, -0.2) is 27.8 Å². The predicted molar refractivity (Wildman–Crippen MR) is 156 cm³/mol. The van der Waals surface area contributed by atoms with E-state index in [2.05, 4.69) is 41.1 Å². The summed E-state index contributed by atoms with van der Waals surface area (Å²) in [4.78, 5) is 14.9. The van der Waals surface area contributed by atoms with Crippen LogP contribution < -0.4 is 15.4 Å². The first-order chi connectivity index (χ1) is 18.5. The maximum Gasteiger partial charge on any atom is 0.232 e. The van der Waals surface area contributed by atoms with E-state index in [1.165, 1.54) is 30.2 Å². The number of benzene rings is 1. The van der Waals surface area contributed by atoms with E-state index in [4.69, 9.17) is 9.97 Å². The Hall–Kier alpha value is -2.63. The standard InChI is InChI=1S/C28H37FN6O2S2/c1-5-15-39(36,37)35-20-8-6-7-19(22(20)29)23-24(38-25(34-23)27(2,3)4)21-9-12-31-26(33-21)32-18-16-28(17-18)10-13-30-14-11-28/h6-9,12,18,30,35H,5,10-11,13-17H2,1-4H3,(H,31,32,33). The molecule has 2 fully saturated rings. The van der Waals surface area contributed by atoms with Crippen LogP contribution in [-0.4, -0.2) is 48.3 Å². The zero-order chi connectivity index (χ0) is 27.8. The van der Waals surface area contributed by atoms with Crippen molar-refractivity contribution in [2.24, 2.45) is 5.41 Å². The summed E-state index contributed by atoms with van der Waals surface area (Å²) in [7, 11) is -3.65. The van der Waals surface area contributed by atoms with Crippen molar-refractivity contribution >= 4 is 33.0 Å². The van der Waals surface area contributed by atoms with Gasteiger partial charge < -0.3 is 10.6 Å². The third kappa shape index (κ3) is 6.10. The van der Waals surface area contributed by atoms with Crippen molar-refractivity contribution in [3.05, 3.63) is 41.3 Å². The minimum Gasteiger partial charge on any atom is -0.351 e. The lowest BCUT2D eigenvalue weighted by atomic mass is 9.60. The molecule has 1 spiro atoms. The number of hydrogen-bond acceptors (Lipinski definition) is 8. The summed E-state index contributed by atoms with van der Waals surface area (Å²) >= 11 is 1.47. The molecule has 3 heterocycles. The average molecular weight is 573 g/mol. The van der Waals surface area contributed by atoms with Crippen molar-refractivity contribution in [3.8, 4) is 21.8 Å². The molecule has 1 aromatic carbocycles. The van der Waals surface area contributed by atoms with E-state index in [-0.39, 0.29) is 22.4 Å². The second-order valence-electron chi connectivity index (χ2n) is 11.8. The molecule has 8 nitrogen and oxygen atoms in total. The maximum absolute atomic E-state index is 15.8. The molecule has 0 bridgehead atoms. The van der Waals surface area contributed by atoms with Gasteiger partial charge in [0.1, 0.15) is 0 Å². The smallest absolute Gasteiger partial charge is 0.232 e. The van der Waals surface area contributed by atoms with Crippen molar-refractivity contribution in [2.45, 2.75) is 71.3 Å². The highest BCUT2D eigenvalue weighted by Gasteiger charge is 2.44. The van der Waals surface area contributed by atoms with Crippen LogP contribution in [0.4, 0.5) is 16.0 Å². The summed E-state index contributed by atoms with van der Waals surface area (Å²) in [5.41, 5.74) is 1.42. The second-order valence-corrected chi connectivity index (χ2v) is 14.6. The number of halogens is 1. The van der Waals surface area contributed by atoms with Crippen molar-refractivity contribution in [1.82, 2.24) is 20.3 Å². The van der Waals surface area contributed by atoms with Crippen molar-refractivity contribution < 1.29 is 12.8 Å². The lowest BCUT2D eigenvalue weighted by molar-refractivity contribution is 0.0715. The highest BCUT2D eigenvalue weighted by Crippen LogP contribution is 2.49. The molecule has 1 aliphatic heterocycles. The Kier molecular flexibility index (Phi) is 7.69. The number of nitrogens with zero attached hydrogens (tertiary/aromatic N) is 3. The highest BCUT2D eigenvalue weighted by molar-refractivity contribution is 7.92. The van der Waals surface area contributed by atoms with Gasteiger partial charge in [0.2, 0.25) is 16.0 Å². The fourth-order valence-corrected chi connectivity index (χ4v) is 7.71. The molecule has 0 amide bonds. The predicted octanol–water partition coefficient (Wildman–Crippen LogP) is 5.80. The van der Waals surface area contributed by atoms with E-state index < -0.39 is 15.8 Å². The lowest BCUT2D eigenvalue weighted by Gasteiger charge is -2.50. The molecule has 1 aliphatic carbocycles. The van der Waals surface area contributed by atoms with Gasteiger partial charge in [0, 0.05) is 23.2 Å². The van der Waals surface area contributed by atoms with Crippen LogP contribution >= 0.6 is 11.3 Å². The molecule has 1 saturated heterocycles. The highest BCUT2D eigenvalue weighted by atomic mass is 32.2. The summed E-state index contributed by atoms with van der Waals surface area (Å²) < 4.78 is 42.9. The Morgan fingerprint density at radius 3 is 2.59 bits per heavy atom. The van der Waals surface area contributed by atoms with Crippen molar-refractivity contribution in [2.75, 3.05) is 28.9 Å². The second kappa shape index (κ2) is 10.7. The third-order valence-corrected chi connectivity index (χ3v) is 10.5. The molecule has 0 unspecified atom stereocenters. The summed E-state index contributed by atoms with van der Waals surface area (Å²) in [6, 6.07) is 6.86. The van der Waals surface area contributed by atoms with E-state index in [9.17, 15) is 8.42 Å². The molecule has 39 heavy (non-hydrogen) atoms. The molecule has 5 rings (SSSR count). The van der Waals surface area contributed by atoms with Gasteiger partial charge in [-0.2, -0.15) is 0 Å². The van der Waals surface area contributed by atoms with Crippen LogP contribution in [-0.2, 0) is 15.4 Å². The number of piperidine rings is 1. The Labute approximate surface area is 234 Å². The first-order valence-electron chi connectivity index (χ1n) is 13.6. The molecule has 2 aliphatic rings. The fraction of sp³-hybridized carbons (Fsp3) is 0.536. The molecule has 11 heteroatoms. The van der Waals surface area contributed by atoms with Gasteiger partial charge in [-0.3, -0.25) is 4.72 Å².